The van der Waals surface area contributed by atoms with Crippen LogP contribution in [-0.2, 0) is 17.5 Å². The molecule has 0 bridgehead atoms. The summed E-state index contributed by atoms with van der Waals surface area (Å²) in [4.78, 5) is 24.0. The van der Waals surface area contributed by atoms with Crippen LogP contribution in [0.1, 0.15) is 37.3 Å². The number of nitrogens with zero attached hydrogens (tertiary/aromatic N) is 1. The van der Waals surface area contributed by atoms with Gasteiger partial charge in [-0.2, -0.15) is 13.2 Å². The highest BCUT2D eigenvalue weighted by molar-refractivity contribution is 6.30. The predicted octanol–water partition coefficient (Wildman–Crippen LogP) is 4.67. The van der Waals surface area contributed by atoms with E-state index in [1.165, 1.54) is 0 Å². The Kier molecular flexibility index (Phi) is 6.13. The Morgan fingerprint density at radius 2 is 1.88 bits per heavy atom. The largest absolute Gasteiger partial charge is 0.417 e. The van der Waals surface area contributed by atoms with Gasteiger partial charge < -0.3 is 9.88 Å². The fraction of sp³-hybridized carbons (Fsp3) is 0.333. The number of hydrogen-bond acceptors (Lipinski definition) is 2. The van der Waals surface area contributed by atoms with Gasteiger partial charge in [-0.1, -0.05) is 37.6 Å². The number of alkyl halides is 3. The zero-order valence-corrected chi connectivity index (χ0v) is 15.0. The third-order valence-electron chi connectivity index (χ3n) is 4.06. The van der Waals surface area contributed by atoms with Gasteiger partial charge in [-0.25, -0.2) is 0 Å². The monoisotopic (exact) mass is 386 g/mol. The fourth-order valence-corrected chi connectivity index (χ4v) is 2.58. The molecule has 0 aliphatic rings. The number of anilines is 1. The zero-order chi connectivity index (χ0) is 19.5. The van der Waals surface area contributed by atoms with Gasteiger partial charge in [-0.05, 0) is 36.1 Å². The van der Waals surface area contributed by atoms with Crippen LogP contribution >= 0.6 is 11.6 Å². The SMILES string of the molecule is CC[C@H](C)c1ccc(NC(=O)Cn2cc(C(F)(F)F)cc(Cl)c2=O)cc1. The number of nitrogens with one attached hydrogen (secondary N) is 1. The second kappa shape index (κ2) is 7.95. The van der Waals surface area contributed by atoms with E-state index < -0.39 is 34.8 Å². The van der Waals surface area contributed by atoms with Gasteiger partial charge in [0.2, 0.25) is 5.91 Å². The highest BCUT2D eigenvalue weighted by Crippen LogP contribution is 2.29. The number of halogens is 4. The van der Waals surface area contributed by atoms with Crippen molar-refractivity contribution in [2.75, 3.05) is 5.32 Å². The lowest BCUT2D eigenvalue weighted by atomic mass is 9.99. The van der Waals surface area contributed by atoms with Gasteiger partial charge in [-0.15, -0.1) is 0 Å². The lowest BCUT2D eigenvalue weighted by Gasteiger charge is -2.13. The Hall–Kier alpha value is -2.28. The number of carbonyl (C=O) groups is 1. The maximum atomic E-state index is 12.8. The van der Waals surface area contributed by atoms with Crippen LogP contribution in [0.2, 0.25) is 5.02 Å². The van der Waals surface area contributed by atoms with Crippen molar-refractivity contribution in [2.45, 2.75) is 38.9 Å². The Bertz CT molecular complexity index is 845. The minimum Gasteiger partial charge on any atom is -0.325 e. The molecule has 1 N–H and O–H groups in total. The lowest BCUT2D eigenvalue weighted by Crippen LogP contribution is -2.29. The van der Waals surface area contributed by atoms with Crippen LogP contribution in [-0.4, -0.2) is 10.5 Å². The van der Waals surface area contributed by atoms with Crippen LogP contribution in [0.5, 0.6) is 0 Å². The normalized spacial score (nSPS) is 12.7. The average molecular weight is 387 g/mol. The van der Waals surface area contributed by atoms with E-state index in [9.17, 15) is 22.8 Å². The highest BCUT2D eigenvalue weighted by atomic mass is 35.5. The van der Waals surface area contributed by atoms with Crippen LogP contribution in [0.25, 0.3) is 0 Å². The first kappa shape index (κ1) is 20.0. The van der Waals surface area contributed by atoms with Gasteiger partial charge in [0.05, 0.1) is 5.56 Å². The van der Waals surface area contributed by atoms with E-state index in [1.807, 2.05) is 12.1 Å². The second-order valence-electron chi connectivity index (χ2n) is 5.99. The van der Waals surface area contributed by atoms with Crippen LogP contribution in [0.15, 0.2) is 41.3 Å². The molecule has 1 atom stereocenters. The summed E-state index contributed by atoms with van der Waals surface area (Å²) in [5.41, 5.74) is -0.339. The summed E-state index contributed by atoms with van der Waals surface area (Å²) in [7, 11) is 0. The van der Waals surface area contributed by atoms with E-state index in [2.05, 4.69) is 19.2 Å². The van der Waals surface area contributed by atoms with Crippen LogP contribution in [0, 0.1) is 0 Å². The quantitative estimate of drug-likeness (QED) is 0.811. The van der Waals surface area contributed by atoms with E-state index in [0.29, 0.717) is 28.4 Å². The molecule has 0 unspecified atom stereocenters. The first-order valence-electron chi connectivity index (χ1n) is 7.98. The molecule has 0 saturated carbocycles. The number of pyridine rings is 1. The fourth-order valence-electron chi connectivity index (χ4n) is 2.36. The van der Waals surface area contributed by atoms with Gasteiger partial charge in [0.25, 0.3) is 5.56 Å². The third kappa shape index (κ3) is 4.88. The van der Waals surface area contributed by atoms with Gasteiger partial charge in [0, 0.05) is 11.9 Å². The zero-order valence-electron chi connectivity index (χ0n) is 14.2. The van der Waals surface area contributed by atoms with E-state index in [4.69, 9.17) is 11.6 Å². The number of hydrogen-bond donors (Lipinski definition) is 1. The predicted molar refractivity (Wildman–Crippen MR) is 94.5 cm³/mol. The highest BCUT2D eigenvalue weighted by Gasteiger charge is 2.32. The maximum absolute atomic E-state index is 12.8. The Balaban J connectivity index is 2.15. The van der Waals surface area contributed by atoms with Crippen LogP contribution in [0.3, 0.4) is 0 Å². The van der Waals surface area contributed by atoms with Crippen LogP contribution < -0.4 is 10.9 Å². The molecule has 8 heteroatoms. The van der Waals surface area contributed by atoms with Crippen LogP contribution in [0.4, 0.5) is 18.9 Å². The number of aromatic nitrogens is 1. The van der Waals surface area contributed by atoms with Gasteiger partial charge in [-0.3, -0.25) is 9.59 Å². The van der Waals surface area contributed by atoms with Crippen molar-refractivity contribution in [3.63, 3.8) is 0 Å². The summed E-state index contributed by atoms with van der Waals surface area (Å²) in [5.74, 6) is -0.246. The molecule has 1 aromatic carbocycles. The molecule has 2 rings (SSSR count). The summed E-state index contributed by atoms with van der Waals surface area (Å²) in [5, 5.41) is 1.96. The van der Waals surface area contributed by atoms with Crippen molar-refractivity contribution in [1.29, 1.82) is 0 Å². The molecule has 140 valence electrons. The van der Waals surface area contributed by atoms with Crippen molar-refractivity contribution >= 4 is 23.2 Å². The van der Waals surface area contributed by atoms with E-state index in [-0.39, 0.29) is 0 Å². The Morgan fingerprint density at radius 3 is 2.42 bits per heavy atom. The molecular weight excluding hydrogens is 369 g/mol. The van der Waals surface area contributed by atoms with Crippen molar-refractivity contribution in [2.24, 2.45) is 0 Å². The molecule has 26 heavy (non-hydrogen) atoms. The van der Waals surface area contributed by atoms with Gasteiger partial charge >= 0.3 is 6.18 Å². The number of rotatable bonds is 5. The summed E-state index contributed by atoms with van der Waals surface area (Å²) >= 11 is 5.56. The molecule has 1 amide bonds. The lowest BCUT2D eigenvalue weighted by molar-refractivity contribution is -0.138. The summed E-state index contributed by atoms with van der Waals surface area (Å²) in [6, 6.07) is 7.71. The smallest absolute Gasteiger partial charge is 0.325 e. The van der Waals surface area contributed by atoms with Gasteiger partial charge in [0.15, 0.2) is 0 Å². The Labute approximate surface area is 153 Å². The third-order valence-corrected chi connectivity index (χ3v) is 4.33. The number of benzene rings is 1. The molecule has 0 fully saturated rings. The van der Waals surface area contributed by atoms with E-state index in [1.54, 1.807) is 12.1 Å². The molecule has 2 aromatic rings. The molecule has 0 aliphatic carbocycles. The Morgan fingerprint density at radius 1 is 1.27 bits per heavy atom. The second-order valence-corrected chi connectivity index (χ2v) is 6.39. The van der Waals surface area contributed by atoms with E-state index >= 15 is 0 Å². The number of carbonyl (C=O) groups excluding carboxylic acids is 1. The molecule has 0 spiro atoms. The topological polar surface area (TPSA) is 51.1 Å². The van der Waals surface area contributed by atoms with Crippen molar-refractivity contribution in [3.8, 4) is 0 Å². The average Bonchev–Trinajstić information content (AvgIpc) is 2.57. The summed E-state index contributed by atoms with van der Waals surface area (Å²) < 4.78 is 39.1. The molecule has 0 aliphatic heterocycles. The van der Waals surface area contributed by atoms with Gasteiger partial charge in [0.1, 0.15) is 11.6 Å². The molecule has 1 aromatic heterocycles. The molecule has 0 radical (unpaired) electrons. The first-order valence-corrected chi connectivity index (χ1v) is 8.36. The van der Waals surface area contributed by atoms with Crippen molar-refractivity contribution < 1.29 is 18.0 Å². The summed E-state index contributed by atoms with van der Waals surface area (Å²) in [6.07, 6.45) is -3.11. The maximum Gasteiger partial charge on any atom is 0.417 e. The molecular formula is C18H18ClF3N2O2. The van der Waals surface area contributed by atoms with Crippen molar-refractivity contribution in [1.82, 2.24) is 4.57 Å². The minimum absolute atomic E-state index is 0.380. The minimum atomic E-state index is -4.67. The molecule has 1 heterocycles. The van der Waals surface area contributed by atoms with Crippen molar-refractivity contribution in [3.05, 3.63) is 63.0 Å². The number of amides is 1. The first-order chi connectivity index (χ1) is 12.1. The molecule has 0 saturated heterocycles. The van der Waals surface area contributed by atoms with E-state index in [0.717, 1.165) is 12.0 Å². The summed E-state index contributed by atoms with van der Waals surface area (Å²) in [6.45, 7) is 3.57. The molecule has 4 nitrogen and oxygen atoms in total. The standard InChI is InChI=1S/C18H18ClF3N2O2/c1-3-11(2)12-4-6-14(7-5-12)23-16(25)10-24-9-13(18(20,21)22)8-15(19)17(24)26/h4-9,11H,3,10H2,1-2H3,(H,23,25)/t11-/m0/s1.